The smallest absolute Gasteiger partial charge is 0.413 e. The molecule has 3 aromatic rings. The predicted molar refractivity (Wildman–Crippen MR) is 119 cm³/mol. The molecule has 0 bridgehead atoms. The molecule has 9 heteroatoms. The van der Waals surface area contributed by atoms with E-state index < -0.39 is 18.0 Å². The van der Waals surface area contributed by atoms with Crippen molar-refractivity contribution in [1.29, 1.82) is 0 Å². The quantitative estimate of drug-likeness (QED) is 0.363. The molecule has 0 radical (unpaired) electrons. The summed E-state index contributed by atoms with van der Waals surface area (Å²) in [6.07, 6.45) is 0.302. The molecule has 0 fully saturated rings. The van der Waals surface area contributed by atoms with E-state index in [1.54, 1.807) is 0 Å². The number of carbonyl (C=O) groups is 3. The molecule has 0 unspecified atom stereocenters. The standard InChI is InChI=1S/C23H20N2O6S/c26-20(30-13-16-7-3-1-4-8-16)12-11-18(21(27)28)19-15-32-22(24-19)25-23(29)31-14-17-9-5-2-6-10-17/h1-11,15H,12-14H2,(H,27,28)(H,24,25,29). The highest BCUT2D eigenvalue weighted by molar-refractivity contribution is 7.14. The normalized spacial score (nSPS) is 10.9. The zero-order chi connectivity index (χ0) is 22.8. The van der Waals surface area contributed by atoms with Crippen LogP contribution in [-0.4, -0.2) is 28.1 Å². The van der Waals surface area contributed by atoms with E-state index in [4.69, 9.17) is 9.47 Å². The molecule has 1 aromatic heterocycles. The van der Waals surface area contributed by atoms with Crippen molar-refractivity contribution in [3.63, 3.8) is 0 Å². The van der Waals surface area contributed by atoms with E-state index in [1.165, 1.54) is 11.5 Å². The van der Waals surface area contributed by atoms with Crippen LogP contribution in [0, 0.1) is 0 Å². The number of esters is 1. The number of aromatic nitrogens is 1. The zero-order valence-corrected chi connectivity index (χ0v) is 17.7. The molecule has 8 nitrogen and oxygen atoms in total. The molecule has 32 heavy (non-hydrogen) atoms. The Balaban J connectivity index is 1.54. The second kappa shape index (κ2) is 11.4. The number of carbonyl (C=O) groups excluding carboxylic acids is 2. The van der Waals surface area contributed by atoms with Crippen LogP contribution in [0.3, 0.4) is 0 Å². The second-order valence-corrected chi connectivity index (χ2v) is 7.36. The number of thiazole rings is 1. The topological polar surface area (TPSA) is 115 Å². The Labute approximate surface area is 188 Å². The van der Waals surface area contributed by atoms with Crippen LogP contribution in [-0.2, 0) is 32.3 Å². The lowest BCUT2D eigenvalue weighted by Crippen LogP contribution is -2.13. The monoisotopic (exact) mass is 452 g/mol. The summed E-state index contributed by atoms with van der Waals surface area (Å²) in [5.74, 6) is -1.81. The number of ether oxygens (including phenoxy) is 2. The van der Waals surface area contributed by atoms with Gasteiger partial charge in [0.15, 0.2) is 5.13 Å². The number of carboxylic acid groups (broad SMARTS) is 1. The van der Waals surface area contributed by atoms with Crippen molar-refractivity contribution in [3.05, 3.63) is 88.9 Å². The molecule has 1 amide bonds. The van der Waals surface area contributed by atoms with Gasteiger partial charge in [0.05, 0.1) is 17.7 Å². The van der Waals surface area contributed by atoms with Gasteiger partial charge < -0.3 is 14.6 Å². The Hall–Kier alpha value is -3.98. The molecule has 0 saturated heterocycles. The maximum atomic E-state index is 12.0. The minimum Gasteiger partial charge on any atom is -0.478 e. The van der Waals surface area contributed by atoms with Gasteiger partial charge in [-0.25, -0.2) is 14.6 Å². The van der Waals surface area contributed by atoms with Gasteiger partial charge in [0.25, 0.3) is 0 Å². The van der Waals surface area contributed by atoms with Crippen LogP contribution >= 0.6 is 11.3 Å². The van der Waals surface area contributed by atoms with Crippen molar-refractivity contribution >= 4 is 40.1 Å². The third-order valence-electron chi connectivity index (χ3n) is 4.15. The van der Waals surface area contributed by atoms with Crippen LogP contribution < -0.4 is 5.32 Å². The summed E-state index contributed by atoms with van der Waals surface area (Å²) in [4.78, 5) is 39.6. The molecule has 0 atom stereocenters. The van der Waals surface area contributed by atoms with Crippen molar-refractivity contribution in [1.82, 2.24) is 4.98 Å². The van der Waals surface area contributed by atoms with Crippen LogP contribution in [0.1, 0.15) is 23.2 Å². The number of amides is 1. The summed E-state index contributed by atoms with van der Waals surface area (Å²) in [5.41, 5.74) is 1.62. The first kappa shape index (κ1) is 22.7. The van der Waals surface area contributed by atoms with E-state index in [-0.39, 0.29) is 36.0 Å². The molecule has 164 valence electrons. The van der Waals surface area contributed by atoms with Gasteiger partial charge >= 0.3 is 18.0 Å². The Morgan fingerprint density at radius 1 is 0.938 bits per heavy atom. The van der Waals surface area contributed by atoms with Gasteiger partial charge in [-0.2, -0.15) is 0 Å². The molecule has 0 aliphatic rings. The van der Waals surface area contributed by atoms with Crippen molar-refractivity contribution in [2.24, 2.45) is 0 Å². The van der Waals surface area contributed by atoms with E-state index in [0.29, 0.717) is 0 Å². The van der Waals surface area contributed by atoms with Gasteiger partial charge in [0.1, 0.15) is 13.2 Å². The van der Waals surface area contributed by atoms with Gasteiger partial charge in [-0.3, -0.25) is 10.1 Å². The van der Waals surface area contributed by atoms with Gasteiger partial charge in [0.2, 0.25) is 0 Å². The Bertz CT molecular complexity index is 1100. The Kier molecular flexibility index (Phi) is 8.10. The average molecular weight is 452 g/mol. The average Bonchev–Trinajstić information content (AvgIpc) is 3.25. The summed E-state index contributed by atoms with van der Waals surface area (Å²) in [6, 6.07) is 18.3. The third-order valence-corrected chi connectivity index (χ3v) is 4.91. The van der Waals surface area contributed by atoms with E-state index in [0.717, 1.165) is 22.5 Å². The van der Waals surface area contributed by atoms with E-state index >= 15 is 0 Å². The fraction of sp³-hybridized carbons (Fsp3) is 0.130. The Morgan fingerprint density at radius 3 is 2.12 bits per heavy atom. The number of carboxylic acids is 1. The first-order chi connectivity index (χ1) is 15.5. The van der Waals surface area contributed by atoms with Gasteiger partial charge in [-0.15, -0.1) is 11.3 Å². The predicted octanol–water partition coefficient (Wildman–Crippen LogP) is 4.49. The number of nitrogens with zero attached hydrogens (tertiary/aromatic N) is 1. The highest BCUT2D eigenvalue weighted by Gasteiger charge is 2.16. The second-order valence-electron chi connectivity index (χ2n) is 6.50. The molecule has 0 aliphatic heterocycles. The molecule has 0 saturated carbocycles. The van der Waals surface area contributed by atoms with Crippen molar-refractivity contribution < 1.29 is 29.0 Å². The lowest BCUT2D eigenvalue weighted by molar-refractivity contribution is -0.143. The fourth-order valence-electron chi connectivity index (χ4n) is 2.59. The summed E-state index contributed by atoms with van der Waals surface area (Å²) >= 11 is 1.04. The van der Waals surface area contributed by atoms with Crippen LogP contribution in [0.25, 0.3) is 5.57 Å². The van der Waals surface area contributed by atoms with Crippen molar-refractivity contribution in [2.75, 3.05) is 5.32 Å². The van der Waals surface area contributed by atoms with Crippen molar-refractivity contribution in [3.8, 4) is 0 Å². The van der Waals surface area contributed by atoms with Crippen LogP contribution in [0.2, 0.25) is 0 Å². The summed E-state index contributed by atoms with van der Waals surface area (Å²) in [5, 5.41) is 13.6. The molecule has 3 rings (SSSR count). The van der Waals surface area contributed by atoms with E-state index in [1.807, 2.05) is 60.7 Å². The maximum Gasteiger partial charge on any atom is 0.413 e. The molecule has 2 N–H and O–H groups in total. The summed E-state index contributed by atoms with van der Waals surface area (Å²) < 4.78 is 10.3. The van der Waals surface area contributed by atoms with Crippen LogP contribution in [0.5, 0.6) is 0 Å². The largest absolute Gasteiger partial charge is 0.478 e. The third kappa shape index (κ3) is 7.06. The lowest BCUT2D eigenvalue weighted by atomic mass is 10.1. The summed E-state index contributed by atoms with van der Waals surface area (Å²) in [7, 11) is 0. The number of anilines is 1. The first-order valence-electron chi connectivity index (χ1n) is 9.58. The number of hydrogen-bond donors (Lipinski definition) is 2. The molecule has 0 spiro atoms. The first-order valence-corrected chi connectivity index (χ1v) is 10.5. The maximum absolute atomic E-state index is 12.0. The van der Waals surface area contributed by atoms with Crippen molar-refractivity contribution in [2.45, 2.75) is 19.6 Å². The zero-order valence-electron chi connectivity index (χ0n) is 16.9. The number of nitrogens with one attached hydrogen (secondary N) is 1. The van der Waals surface area contributed by atoms with Crippen LogP contribution in [0.15, 0.2) is 72.1 Å². The van der Waals surface area contributed by atoms with Gasteiger partial charge in [-0.05, 0) is 11.1 Å². The summed E-state index contributed by atoms with van der Waals surface area (Å²) in [6.45, 7) is 0.196. The number of aliphatic carboxylic acids is 1. The van der Waals surface area contributed by atoms with Crippen LogP contribution in [0.4, 0.5) is 9.93 Å². The molecular weight excluding hydrogens is 432 g/mol. The highest BCUT2D eigenvalue weighted by Crippen LogP contribution is 2.23. The minimum absolute atomic E-state index is 0.0935. The molecule has 2 aromatic carbocycles. The molecular formula is C23H20N2O6S. The molecule has 1 heterocycles. The van der Waals surface area contributed by atoms with E-state index in [2.05, 4.69) is 10.3 Å². The highest BCUT2D eigenvalue weighted by atomic mass is 32.1. The fourth-order valence-corrected chi connectivity index (χ4v) is 3.28. The number of benzene rings is 2. The SMILES string of the molecule is O=C(CC=C(C(=O)O)c1csc(NC(=O)OCc2ccccc2)n1)OCc1ccccc1. The Morgan fingerprint density at radius 2 is 1.53 bits per heavy atom. The number of rotatable bonds is 9. The van der Waals surface area contributed by atoms with E-state index in [9.17, 15) is 19.5 Å². The minimum atomic E-state index is -1.25. The van der Waals surface area contributed by atoms with Gasteiger partial charge in [0, 0.05) is 5.38 Å². The molecule has 0 aliphatic carbocycles. The lowest BCUT2D eigenvalue weighted by Gasteiger charge is -2.05. The number of hydrogen-bond acceptors (Lipinski definition) is 7. The van der Waals surface area contributed by atoms with Gasteiger partial charge in [-0.1, -0.05) is 66.7 Å².